The van der Waals surface area contributed by atoms with Crippen LogP contribution in [0, 0.1) is 5.92 Å². The minimum atomic E-state index is 0.586. The summed E-state index contributed by atoms with van der Waals surface area (Å²) in [5.41, 5.74) is 1.33. The van der Waals surface area contributed by atoms with Gasteiger partial charge in [0.2, 0.25) is 0 Å². The monoisotopic (exact) mass is 234 g/mol. The van der Waals surface area contributed by atoms with Gasteiger partial charge < -0.3 is 10.1 Å². The molecule has 3 nitrogen and oxygen atoms in total. The molecule has 0 spiro atoms. The zero-order chi connectivity index (χ0) is 11.9. The van der Waals surface area contributed by atoms with Crippen molar-refractivity contribution in [2.24, 2.45) is 5.92 Å². The van der Waals surface area contributed by atoms with Crippen molar-refractivity contribution in [3.63, 3.8) is 0 Å². The van der Waals surface area contributed by atoms with E-state index in [2.05, 4.69) is 23.3 Å². The minimum Gasteiger partial charge on any atom is -0.381 e. The highest BCUT2D eigenvalue weighted by Gasteiger charge is 2.24. The zero-order valence-electron chi connectivity index (χ0n) is 10.6. The van der Waals surface area contributed by atoms with E-state index in [4.69, 9.17) is 4.74 Å². The summed E-state index contributed by atoms with van der Waals surface area (Å²) in [6.07, 6.45) is 7.27. The average Bonchev–Trinajstić information content (AvgIpc) is 2.89. The highest BCUT2D eigenvalue weighted by atomic mass is 16.5. The van der Waals surface area contributed by atoms with E-state index in [9.17, 15) is 0 Å². The van der Waals surface area contributed by atoms with Crippen molar-refractivity contribution in [3.8, 4) is 0 Å². The number of aromatic nitrogens is 1. The molecule has 17 heavy (non-hydrogen) atoms. The molecule has 1 fully saturated rings. The van der Waals surface area contributed by atoms with Crippen LogP contribution < -0.4 is 5.32 Å². The number of aryl methyl sites for hydroxylation is 1. The maximum absolute atomic E-state index is 5.48. The molecule has 0 amide bonds. The molecule has 1 N–H and O–H groups in total. The van der Waals surface area contributed by atoms with Gasteiger partial charge in [-0.25, -0.2) is 0 Å². The first-order valence-electron chi connectivity index (χ1n) is 6.60. The second-order valence-corrected chi connectivity index (χ2v) is 4.69. The Balaban J connectivity index is 1.84. The first-order valence-corrected chi connectivity index (χ1v) is 6.60. The van der Waals surface area contributed by atoms with Crippen molar-refractivity contribution in [1.82, 2.24) is 10.3 Å². The van der Waals surface area contributed by atoms with Crippen molar-refractivity contribution in [1.29, 1.82) is 0 Å². The van der Waals surface area contributed by atoms with E-state index in [1.165, 1.54) is 18.4 Å². The molecule has 0 saturated carbocycles. The van der Waals surface area contributed by atoms with Crippen LogP contribution in [-0.4, -0.2) is 30.8 Å². The SMILES string of the molecule is CCNC(CCc1cccnc1)C1CCOC1. The molecule has 1 aliphatic rings. The summed E-state index contributed by atoms with van der Waals surface area (Å²) in [6.45, 7) is 5.06. The number of hydrogen-bond donors (Lipinski definition) is 1. The van der Waals surface area contributed by atoms with Gasteiger partial charge in [-0.05, 0) is 43.4 Å². The fourth-order valence-corrected chi connectivity index (χ4v) is 2.50. The van der Waals surface area contributed by atoms with E-state index in [1.807, 2.05) is 18.5 Å². The standard InChI is InChI=1S/C14H22N2O/c1-2-16-14(13-7-9-17-11-13)6-5-12-4-3-8-15-10-12/h3-4,8,10,13-14,16H,2,5-7,9,11H2,1H3. The fourth-order valence-electron chi connectivity index (χ4n) is 2.50. The highest BCUT2D eigenvalue weighted by Crippen LogP contribution is 2.20. The van der Waals surface area contributed by atoms with Gasteiger partial charge in [-0.3, -0.25) is 4.98 Å². The molecule has 1 aromatic heterocycles. The Hall–Kier alpha value is -0.930. The number of nitrogens with zero attached hydrogens (tertiary/aromatic N) is 1. The minimum absolute atomic E-state index is 0.586. The molecule has 3 heteroatoms. The molecule has 0 bridgehead atoms. The molecule has 2 unspecified atom stereocenters. The highest BCUT2D eigenvalue weighted by molar-refractivity contribution is 5.08. The van der Waals surface area contributed by atoms with Gasteiger partial charge in [-0.2, -0.15) is 0 Å². The molecule has 2 rings (SSSR count). The predicted octanol–water partition coefficient (Wildman–Crippen LogP) is 2.03. The lowest BCUT2D eigenvalue weighted by Crippen LogP contribution is -2.36. The Morgan fingerprint density at radius 2 is 2.53 bits per heavy atom. The fraction of sp³-hybridized carbons (Fsp3) is 0.643. The van der Waals surface area contributed by atoms with Crippen LogP contribution in [0.1, 0.15) is 25.3 Å². The van der Waals surface area contributed by atoms with E-state index in [0.717, 1.165) is 26.2 Å². The third-order valence-electron chi connectivity index (χ3n) is 3.47. The Kier molecular flexibility index (Phi) is 4.95. The number of nitrogens with one attached hydrogen (secondary N) is 1. The number of ether oxygens (including phenoxy) is 1. The van der Waals surface area contributed by atoms with Crippen LogP contribution in [0.3, 0.4) is 0 Å². The third kappa shape index (κ3) is 3.79. The van der Waals surface area contributed by atoms with Gasteiger partial charge >= 0.3 is 0 Å². The molecule has 0 aromatic carbocycles. The lowest BCUT2D eigenvalue weighted by molar-refractivity contribution is 0.175. The van der Waals surface area contributed by atoms with Crippen molar-refractivity contribution in [3.05, 3.63) is 30.1 Å². The van der Waals surface area contributed by atoms with Crippen LogP contribution in [0.25, 0.3) is 0 Å². The average molecular weight is 234 g/mol. The van der Waals surface area contributed by atoms with Gasteiger partial charge in [0.05, 0.1) is 6.61 Å². The second kappa shape index (κ2) is 6.72. The zero-order valence-corrected chi connectivity index (χ0v) is 10.6. The summed E-state index contributed by atoms with van der Waals surface area (Å²) in [4.78, 5) is 4.16. The van der Waals surface area contributed by atoms with Crippen LogP contribution in [0.4, 0.5) is 0 Å². The molecule has 1 aliphatic heterocycles. The molecule has 94 valence electrons. The Morgan fingerprint density at radius 1 is 1.59 bits per heavy atom. The van der Waals surface area contributed by atoms with E-state index >= 15 is 0 Å². The largest absolute Gasteiger partial charge is 0.381 e. The van der Waals surface area contributed by atoms with Crippen molar-refractivity contribution >= 4 is 0 Å². The van der Waals surface area contributed by atoms with Gasteiger partial charge in [0.15, 0.2) is 0 Å². The van der Waals surface area contributed by atoms with E-state index in [0.29, 0.717) is 12.0 Å². The molecular formula is C14H22N2O. The van der Waals surface area contributed by atoms with Crippen LogP contribution in [-0.2, 0) is 11.2 Å². The van der Waals surface area contributed by atoms with Gasteiger partial charge in [-0.1, -0.05) is 13.0 Å². The molecule has 0 aliphatic carbocycles. The lowest BCUT2D eigenvalue weighted by Gasteiger charge is -2.23. The quantitative estimate of drug-likeness (QED) is 0.818. The Labute approximate surface area is 104 Å². The summed E-state index contributed by atoms with van der Waals surface area (Å²) in [5, 5.41) is 3.59. The van der Waals surface area contributed by atoms with Crippen LogP contribution in [0.15, 0.2) is 24.5 Å². The van der Waals surface area contributed by atoms with E-state index < -0.39 is 0 Å². The first kappa shape index (κ1) is 12.5. The number of rotatable bonds is 6. The molecule has 1 aromatic rings. The summed E-state index contributed by atoms with van der Waals surface area (Å²) >= 11 is 0. The van der Waals surface area contributed by atoms with Crippen LogP contribution >= 0.6 is 0 Å². The summed E-state index contributed by atoms with van der Waals surface area (Å²) < 4.78 is 5.48. The van der Waals surface area contributed by atoms with E-state index in [-0.39, 0.29) is 0 Å². The predicted molar refractivity (Wildman–Crippen MR) is 68.9 cm³/mol. The normalized spacial score (nSPS) is 21.6. The lowest BCUT2D eigenvalue weighted by atomic mass is 9.93. The maximum Gasteiger partial charge on any atom is 0.0510 e. The topological polar surface area (TPSA) is 34.2 Å². The summed E-state index contributed by atoms with van der Waals surface area (Å²) in [7, 11) is 0. The summed E-state index contributed by atoms with van der Waals surface area (Å²) in [5.74, 6) is 0.687. The van der Waals surface area contributed by atoms with Crippen molar-refractivity contribution < 1.29 is 4.74 Å². The van der Waals surface area contributed by atoms with Crippen molar-refractivity contribution in [2.75, 3.05) is 19.8 Å². The maximum atomic E-state index is 5.48. The number of hydrogen-bond acceptors (Lipinski definition) is 3. The van der Waals surface area contributed by atoms with E-state index in [1.54, 1.807) is 0 Å². The molecule has 0 radical (unpaired) electrons. The first-order chi connectivity index (χ1) is 8.40. The van der Waals surface area contributed by atoms with Crippen molar-refractivity contribution in [2.45, 2.75) is 32.2 Å². The van der Waals surface area contributed by atoms with Gasteiger partial charge in [0, 0.05) is 25.0 Å². The Bertz CT molecular complexity index is 309. The third-order valence-corrected chi connectivity index (χ3v) is 3.47. The smallest absolute Gasteiger partial charge is 0.0510 e. The molecule has 2 atom stereocenters. The van der Waals surface area contributed by atoms with Gasteiger partial charge in [0.1, 0.15) is 0 Å². The molecule has 1 saturated heterocycles. The molecule has 2 heterocycles. The second-order valence-electron chi connectivity index (χ2n) is 4.69. The van der Waals surface area contributed by atoms with Gasteiger partial charge in [0.25, 0.3) is 0 Å². The van der Waals surface area contributed by atoms with Crippen LogP contribution in [0.2, 0.25) is 0 Å². The Morgan fingerprint density at radius 3 is 3.18 bits per heavy atom. The summed E-state index contributed by atoms with van der Waals surface area (Å²) in [6, 6.07) is 4.75. The number of pyridine rings is 1. The van der Waals surface area contributed by atoms with Crippen LogP contribution in [0.5, 0.6) is 0 Å². The van der Waals surface area contributed by atoms with Gasteiger partial charge in [-0.15, -0.1) is 0 Å². The molecular weight excluding hydrogens is 212 g/mol.